The van der Waals surface area contributed by atoms with Crippen molar-refractivity contribution in [2.45, 2.75) is 32.6 Å². The van der Waals surface area contributed by atoms with Crippen molar-refractivity contribution in [2.75, 3.05) is 31.1 Å². The third-order valence-corrected chi connectivity index (χ3v) is 5.13. The first-order valence-corrected chi connectivity index (χ1v) is 9.54. The van der Waals surface area contributed by atoms with Crippen LogP contribution in [0.3, 0.4) is 0 Å². The molecule has 7 heteroatoms. The molecule has 6 nitrogen and oxygen atoms in total. The Morgan fingerprint density at radius 2 is 1.89 bits per heavy atom. The zero-order chi connectivity index (χ0) is 20.1. The van der Waals surface area contributed by atoms with Gasteiger partial charge in [0.05, 0.1) is 0 Å². The van der Waals surface area contributed by atoms with E-state index in [2.05, 4.69) is 16.0 Å². The topological polar surface area (TPSA) is 73.1 Å². The fourth-order valence-corrected chi connectivity index (χ4v) is 3.48. The minimum Gasteiger partial charge on any atom is -0.339 e. The van der Waals surface area contributed by atoms with Gasteiger partial charge in [-0.3, -0.25) is 4.79 Å². The van der Waals surface area contributed by atoms with Gasteiger partial charge in [-0.15, -0.1) is 0 Å². The first kappa shape index (κ1) is 19.7. The van der Waals surface area contributed by atoms with E-state index < -0.39 is 0 Å². The molecule has 0 N–H and O–H groups in total. The molecule has 0 aliphatic carbocycles. The van der Waals surface area contributed by atoms with Crippen LogP contribution in [0, 0.1) is 24.1 Å². The van der Waals surface area contributed by atoms with E-state index >= 15 is 0 Å². The predicted octanol–water partition coefficient (Wildman–Crippen LogP) is 3.03. The number of carbonyl (C=O) groups is 1. The van der Waals surface area contributed by atoms with Crippen LogP contribution in [0.25, 0.3) is 0 Å². The van der Waals surface area contributed by atoms with Crippen LogP contribution in [-0.4, -0.2) is 47.0 Å². The van der Waals surface area contributed by atoms with Crippen molar-refractivity contribution in [3.8, 4) is 6.07 Å². The maximum atomic E-state index is 13.1. The van der Waals surface area contributed by atoms with Crippen molar-refractivity contribution in [2.24, 2.45) is 0 Å². The van der Waals surface area contributed by atoms with Crippen LogP contribution in [-0.2, 0) is 4.79 Å². The Kier molecular flexibility index (Phi) is 6.19. The fraction of sp³-hybridized carbons (Fsp3) is 0.429. The minimum absolute atomic E-state index is 0.0874. The maximum Gasteiger partial charge on any atom is 0.226 e. The SMILES string of the molecule is CCC(CC(=O)N1CCN(c2nc(C)cc(C#N)n2)CC1)c1ccc(F)cc1. The smallest absolute Gasteiger partial charge is 0.226 e. The molecule has 1 fully saturated rings. The summed E-state index contributed by atoms with van der Waals surface area (Å²) in [5.41, 5.74) is 2.10. The van der Waals surface area contributed by atoms with E-state index in [4.69, 9.17) is 5.26 Å². The van der Waals surface area contributed by atoms with Crippen LogP contribution in [0.5, 0.6) is 0 Å². The van der Waals surface area contributed by atoms with E-state index in [1.807, 2.05) is 23.6 Å². The number of hydrogen-bond acceptors (Lipinski definition) is 5. The van der Waals surface area contributed by atoms with E-state index in [0.717, 1.165) is 17.7 Å². The Labute approximate surface area is 164 Å². The number of benzene rings is 1. The highest BCUT2D eigenvalue weighted by atomic mass is 19.1. The zero-order valence-electron chi connectivity index (χ0n) is 16.2. The molecule has 1 unspecified atom stereocenters. The van der Waals surface area contributed by atoms with Crippen molar-refractivity contribution < 1.29 is 9.18 Å². The highest BCUT2D eigenvalue weighted by Gasteiger charge is 2.25. The standard InChI is InChI=1S/C21H24FN5O/c1-3-16(17-4-6-18(22)7-5-17)13-20(28)26-8-10-27(11-9-26)21-24-15(2)12-19(14-23)25-21/h4-7,12,16H,3,8-11,13H2,1-2H3. The molecule has 28 heavy (non-hydrogen) atoms. The molecule has 1 atom stereocenters. The molecule has 146 valence electrons. The second kappa shape index (κ2) is 8.79. The highest BCUT2D eigenvalue weighted by Crippen LogP contribution is 2.25. The summed E-state index contributed by atoms with van der Waals surface area (Å²) >= 11 is 0. The lowest BCUT2D eigenvalue weighted by molar-refractivity contribution is -0.131. The molecule has 0 saturated carbocycles. The lowest BCUT2D eigenvalue weighted by Gasteiger charge is -2.35. The molecule has 2 aromatic rings. The van der Waals surface area contributed by atoms with Gasteiger partial charge in [-0.1, -0.05) is 19.1 Å². The minimum atomic E-state index is -0.265. The van der Waals surface area contributed by atoms with Crippen molar-refractivity contribution in [1.82, 2.24) is 14.9 Å². The zero-order valence-corrected chi connectivity index (χ0v) is 16.2. The number of hydrogen-bond donors (Lipinski definition) is 0. The number of aromatic nitrogens is 2. The number of nitriles is 1. The highest BCUT2D eigenvalue weighted by molar-refractivity contribution is 5.77. The summed E-state index contributed by atoms with van der Waals surface area (Å²) in [5.74, 6) is 0.475. The lowest BCUT2D eigenvalue weighted by Crippen LogP contribution is -2.49. The van der Waals surface area contributed by atoms with Crippen LogP contribution >= 0.6 is 0 Å². The summed E-state index contributed by atoms with van der Waals surface area (Å²) in [6, 6.07) is 10.1. The molecule has 0 spiro atoms. The Hall–Kier alpha value is -3.01. The quantitative estimate of drug-likeness (QED) is 0.796. The van der Waals surface area contributed by atoms with Crippen LogP contribution in [0.15, 0.2) is 30.3 Å². The molecule has 2 heterocycles. The monoisotopic (exact) mass is 381 g/mol. The van der Waals surface area contributed by atoms with Gasteiger partial charge in [-0.05, 0) is 43.0 Å². The second-order valence-electron chi connectivity index (χ2n) is 7.04. The van der Waals surface area contributed by atoms with Gasteiger partial charge in [0.15, 0.2) is 0 Å². The molecule has 1 amide bonds. The Bertz CT molecular complexity index is 869. The van der Waals surface area contributed by atoms with Gasteiger partial charge in [0.25, 0.3) is 0 Å². The molecular weight excluding hydrogens is 357 g/mol. The van der Waals surface area contributed by atoms with E-state index in [9.17, 15) is 9.18 Å². The summed E-state index contributed by atoms with van der Waals surface area (Å²) < 4.78 is 13.1. The maximum absolute atomic E-state index is 13.1. The fourth-order valence-electron chi connectivity index (χ4n) is 3.48. The third-order valence-electron chi connectivity index (χ3n) is 5.13. The van der Waals surface area contributed by atoms with Gasteiger partial charge in [-0.25, -0.2) is 14.4 Å². The second-order valence-corrected chi connectivity index (χ2v) is 7.04. The Morgan fingerprint density at radius 3 is 2.50 bits per heavy atom. The number of anilines is 1. The largest absolute Gasteiger partial charge is 0.339 e. The Morgan fingerprint density at radius 1 is 1.21 bits per heavy atom. The van der Waals surface area contributed by atoms with Crippen LogP contribution in [0.1, 0.15) is 42.6 Å². The van der Waals surface area contributed by atoms with E-state index in [-0.39, 0.29) is 17.6 Å². The normalized spacial score (nSPS) is 15.2. The van der Waals surface area contributed by atoms with Crippen LogP contribution < -0.4 is 4.90 Å². The van der Waals surface area contributed by atoms with Crippen molar-refractivity contribution in [3.05, 3.63) is 53.1 Å². The van der Waals surface area contributed by atoms with Gasteiger partial charge >= 0.3 is 0 Å². The van der Waals surface area contributed by atoms with E-state index in [0.29, 0.717) is 44.2 Å². The number of rotatable bonds is 5. The van der Waals surface area contributed by atoms with Gasteiger partial charge in [0.2, 0.25) is 11.9 Å². The van der Waals surface area contributed by atoms with Gasteiger partial charge in [-0.2, -0.15) is 5.26 Å². The summed E-state index contributed by atoms with van der Waals surface area (Å²) in [4.78, 5) is 25.3. The summed E-state index contributed by atoms with van der Waals surface area (Å²) in [5, 5.41) is 9.08. The molecular formula is C21H24FN5O. The molecule has 1 aliphatic heterocycles. The summed E-state index contributed by atoms with van der Waals surface area (Å²) in [7, 11) is 0. The molecule has 1 aliphatic rings. The number of halogens is 1. The molecule has 0 bridgehead atoms. The molecule has 0 radical (unpaired) electrons. The van der Waals surface area contributed by atoms with Gasteiger partial charge in [0, 0.05) is 38.3 Å². The summed E-state index contributed by atoms with van der Waals surface area (Å²) in [6.45, 7) is 6.34. The number of carbonyl (C=O) groups excluding carboxylic acids is 1. The van der Waals surface area contributed by atoms with Crippen molar-refractivity contribution in [1.29, 1.82) is 5.26 Å². The van der Waals surface area contributed by atoms with Crippen molar-refractivity contribution in [3.63, 3.8) is 0 Å². The summed E-state index contributed by atoms with van der Waals surface area (Å²) in [6.07, 6.45) is 1.24. The van der Waals surface area contributed by atoms with Crippen LogP contribution in [0.2, 0.25) is 0 Å². The first-order chi connectivity index (χ1) is 13.5. The van der Waals surface area contributed by atoms with E-state index in [1.165, 1.54) is 12.1 Å². The van der Waals surface area contributed by atoms with Gasteiger partial charge in [0.1, 0.15) is 17.6 Å². The number of piperazine rings is 1. The number of amides is 1. The molecule has 1 saturated heterocycles. The van der Waals surface area contributed by atoms with E-state index in [1.54, 1.807) is 18.2 Å². The van der Waals surface area contributed by atoms with Crippen molar-refractivity contribution >= 4 is 11.9 Å². The molecule has 1 aromatic carbocycles. The lowest BCUT2D eigenvalue weighted by atomic mass is 9.92. The predicted molar refractivity (Wildman–Crippen MR) is 104 cm³/mol. The number of aryl methyl sites for hydroxylation is 1. The molecule has 3 rings (SSSR count). The average molecular weight is 381 g/mol. The molecule has 1 aromatic heterocycles. The van der Waals surface area contributed by atoms with Gasteiger partial charge < -0.3 is 9.80 Å². The first-order valence-electron chi connectivity index (χ1n) is 9.54. The number of nitrogens with zero attached hydrogens (tertiary/aromatic N) is 5. The average Bonchev–Trinajstić information content (AvgIpc) is 2.72. The third kappa shape index (κ3) is 4.63. The van der Waals surface area contributed by atoms with Crippen LogP contribution in [0.4, 0.5) is 10.3 Å². The Balaban J connectivity index is 1.59.